The molecular weight excluding hydrogens is 130 g/mol. The fourth-order valence-corrected chi connectivity index (χ4v) is 0. The molecule has 0 rings (SSSR count). The van der Waals surface area contributed by atoms with Gasteiger partial charge >= 0.3 is 0 Å². The maximum Gasteiger partial charge on any atom is 0.231 e. The van der Waals surface area contributed by atoms with E-state index < -0.39 is 0 Å². The summed E-state index contributed by atoms with van der Waals surface area (Å²) in [6.45, 7) is 0. The van der Waals surface area contributed by atoms with Crippen LogP contribution >= 0.6 is 21.6 Å². The summed E-state index contributed by atoms with van der Waals surface area (Å²) in [4.78, 5) is 8.35. The molecule has 0 heterocycles. The van der Waals surface area contributed by atoms with Gasteiger partial charge in [-0.2, -0.15) is 0 Å². The second-order valence-electron chi connectivity index (χ2n) is 0.435. The molecule has 0 saturated heterocycles. The van der Waals surface area contributed by atoms with Crippen molar-refractivity contribution in [2.75, 3.05) is 12.5 Å². The largest absolute Gasteiger partial charge is 0.231 e. The molecule has 7 heavy (non-hydrogen) atoms. The Morgan fingerprint density at radius 1 is 1.43 bits per heavy atom. The molecule has 0 radical (unpaired) electrons. The van der Waals surface area contributed by atoms with Gasteiger partial charge < -0.3 is 0 Å². The number of carbonyl (C=O) groups excluding carboxylic acids is 1. The highest BCUT2D eigenvalue weighted by Crippen LogP contribution is 2.09. The SMILES string of the molecule is CSSC.N=C=O. The lowest BCUT2D eigenvalue weighted by atomic mass is 11.7. The van der Waals surface area contributed by atoms with E-state index in [4.69, 9.17) is 10.2 Å². The first-order chi connectivity index (χ1) is 3.33. The van der Waals surface area contributed by atoms with Gasteiger partial charge in [0, 0.05) is 0 Å². The van der Waals surface area contributed by atoms with Crippen LogP contribution in [-0.2, 0) is 4.79 Å². The van der Waals surface area contributed by atoms with E-state index in [1.54, 1.807) is 21.6 Å². The molecule has 0 aromatic carbocycles. The van der Waals surface area contributed by atoms with E-state index in [0.29, 0.717) is 0 Å². The first-order valence-electron chi connectivity index (χ1n) is 1.44. The Morgan fingerprint density at radius 3 is 1.57 bits per heavy atom. The smallest absolute Gasteiger partial charge is 0.222 e. The zero-order valence-corrected chi connectivity index (χ0v) is 5.86. The van der Waals surface area contributed by atoms with Gasteiger partial charge in [0.1, 0.15) is 0 Å². The van der Waals surface area contributed by atoms with E-state index in [1.807, 2.05) is 0 Å². The quantitative estimate of drug-likeness (QED) is 0.338. The average Bonchev–Trinajstić information content (AvgIpc) is 1.69. The summed E-state index contributed by atoms with van der Waals surface area (Å²) < 4.78 is 0. The highest BCUT2D eigenvalue weighted by atomic mass is 33.1. The molecule has 0 aliphatic rings. The molecule has 0 aromatic rings. The lowest BCUT2D eigenvalue weighted by Gasteiger charge is -1.69. The highest BCUT2D eigenvalue weighted by Gasteiger charge is 1.55. The standard InChI is InChI=1S/C2H6S2.CHNO/c1-3-4-2;2-1-3/h1-2H3;2H. The molecule has 0 fully saturated rings. The number of hydrogen-bond acceptors (Lipinski definition) is 4. The van der Waals surface area contributed by atoms with Gasteiger partial charge in [-0.1, -0.05) is 21.6 Å². The zero-order chi connectivity index (χ0) is 6.12. The molecule has 0 spiro atoms. The Bertz CT molecular complexity index is 48.9. The van der Waals surface area contributed by atoms with Crippen molar-refractivity contribution in [2.24, 2.45) is 0 Å². The van der Waals surface area contributed by atoms with Gasteiger partial charge in [-0.15, -0.1) is 0 Å². The molecule has 0 aromatic heterocycles. The van der Waals surface area contributed by atoms with E-state index in [1.165, 1.54) is 0 Å². The second kappa shape index (κ2) is 16.5. The summed E-state index contributed by atoms with van der Waals surface area (Å²) in [6, 6.07) is 0. The first-order valence-corrected chi connectivity index (χ1v) is 4.40. The maximum atomic E-state index is 8.35. The van der Waals surface area contributed by atoms with Gasteiger partial charge in [-0.25, -0.2) is 10.2 Å². The summed E-state index contributed by atoms with van der Waals surface area (Å²) in [7, 11) is 3.55. The van der Waals surface area contributed by atoms with Crippen molar-refractivity contribution in [1.29, 1.82) is 5.41 Å². The van der Waals surface area contributed by atoms with Crippen LogP contribution in [0.2, 0.25) is 0 Å². The lowest BCUT2D eigenvalue weighted by Crippen LogP contribution is -1.28. The van der Waals surface area contributed by atoms with Crippen LogP contribution in [0.5, 0.6) is 0 Å². The summed E-state index contributed by atoms with van der Waals surface area (Å²) in [5, 5.41) is 5.40. The Hall–Kier alpha value is 0.0800. The molecule has 4 heteroatoms. The average molecular weight is 137 g/mol. The predicted molar refractivity (Wildman–Crippen MR) is 35.4 cm³/mol. The van der Waals surface area contributed by atoms with Crippen molar-refractivity contribution in [2.45, 2.75) is 0 Å². The minimum Gasteiger partial charge on any atom is -0.222 e. The molecular formula is C3H7NOS2. The van der Waals surface area contributed by atoms with Gasteiger partial charge in [-0.3, -0.25) is 0 Å². The summed E-state index contributed by atoms with van der Waals surface area (Å²) in [6.07, 6.45) is 4.87. The van der Waals surface area contributed by atoms with Crippen LogP contribution in [0, 0.1) is 5.41 Å². The van der Waals surface area contributed by atoms with Crippen LogP contribution in [0.15, 0.2) is 0 Å². The Labute approximate surface area is 51.0 Å². The monoisotopic (exact) mass is 137 g/mol. The van der Waals surface area contributed by atoms with Crippen LogP contribution in [0.3, 0.4) is 0 Å². The Balaban J connectivity index is 0. The maximum absolute atomic E-state index is 8.35. The van der Waals surface area contributed by atoms with Crippen molar-refractivity contribution >= 4 is 27.7 Å². The van der Waals surface area contributed by atoms with Gasteiger partial charge in [0.2, 0.25) is 6.08 Å². The Kier molecular flexibility index (Phi) is 24.0. The van der Waals surface area contributed by atoms with Crippen LogP contribution in [-0.4, -0.2) is 18.6 Å². The van der Waals surface area contributed by atoms with E-state index in [0.717, 1.165) is 6.08 Å². The molecule has 42 valence electrons. The van der Waals surface area contributed by atoms with Crippen LogP contribution in [0.4, 0.5) is 0 Å². The minimum atomic E-state index is 0.750. The predicted octanol–water partition coefficient (Wildman–Crippen LogP) is 1.53. The van der Waals surface area contributed by atoms with Crippen molar-refractivity contribution < 1.29 is 4.79 Å². The molecule has 0 bridgehead atoms. The van der Waals surface area contributed by atoms with Crippen LogP contribution in [0.1, 0.15) is 0 Å². The van der Waals surface area contributed by atoms with Crippen LogP contribution < -0.4 is 0 Å². The molecule has 0 amide bonds. The summed E-state index contributed by atoms with van der Waals surface area (Å²) >= 11 is 0. The van der Waals surface area contributed by atoms with Gasteiger partial charge in [0.15, 0.2) is 0 Å². The van der Waals surface area contributed by atoms with E-state index in [-0.39, 0.29) is 0 Å². The molecule has 0 saturated carbocycles. The van der Waals surface area contributed by atoms with Crippen molar-refractivity contribution in [3.8, 4) is 0 Å². The number of hydrogen-bond donors (Lipinski definition) is 1. The van der Waals surface area contributed by atoms with Crippen LogP contribution in [0.25, 0.3) is 0 Å². The molecule has 0 unspecified atom stereocenters. The lowest BCUT2D eigenvalue weighted by molar-refractivity contribution is 0.563. The molecule has 0 atom stereocenters. The van der Waals surface area contributed by atoms with Crippen molar-refractivity contribution in [3.63, 3.8) is 0 Å². The third kappa shape index (κ3) is 86.8. The Morgan fingerprint density at radius 2 is 1.57 bits per heavy atom. The van der Waals surface area contributed by atoms with Crippen molar-refractivity contribution in [1.82, 2.24) is 0 Å². The third-order valence-corrected chi connectivity index (χ3v) is 1.50. The highest BCUT2D eigenvalue weighted by molar-refractivity contribution is 8.76. The van der Waals surface area contributed by atoms with E-state index in [2.05, 4.69) is 12.5 Å². The fourth-order valence-electron chi connectivity index (χ4n) is 0. The van der Waals surface area contributed by atoms with Gasteiger partial charge in [0.05, 0.1) is 0 Å². The third-order valence-electron chi connectivity index (χ3n) is 0.167. The summed E-state index contributed by atoms with van der Waals surface area (Å²) in [5.41, 5.74) is 0. The summed E-state index contributed by atoms with van der Waals surface area (Å²) in [5.74, 6) is 0. The number of rotatable bonds is 1. The minimum absolute atomic E-state index is 0.750. The molecule has 2 nitrogen and oxygen atoms in total. The van der Waals surface area contributed by atoms with E-state index in [9.17, 15) is 0 Å². The number of nitrogens with one attached hydrogen (secondary N) is 1. The second-order valence-corrected chi connectivity index (χ2v) is 3.10. The topological polar surface area (TPSA) is 40.9 Å². The number of isocyanates is 1. The van der Waals surface area contributed by atoms with E-state index >= 15 is 0 Å². The van der Waals surface area contributed by atoms with Gasteiger partial charge in [0.25, 0.3) is 0 Å². The van der Waals surface area contributed by atoms with Crippen molar-refractivity contribution in [3.05, 3.63) is 0 Å². The fraction of sp³-hybridized carbons (Fsp3) is 0.667. The molecule has 1 N–H and O–H groups in total. The molecule has 0 aliphatic carbocycles. The zero-order valence-electron chi connectivity index (χ0n) is 4.22. The van der Waals surface area contributed by atoms with Gasteiger partial charge in [-0.05, 0) is 12.5 Å². The molecule has 0 aliphatic heterocycles. The normalized spacial score (nSPS) is 5.43. The first kappa shape index (κ1) is 10.1.